The molecule has 1 aromatic carbocycles. The summed E-state index contributed by atoms with van der Waals surface area (Å²) in [5.74, 6) is 1.38. The summed E-state index contributed by atoms with van der Waals surface area (Å²) in [5, 5.41) is 18.3. The van der Waals surface area contributed by atoms with E-state index in [9.17, 15) is 5.11 Å². The molecule has 0 aliphatic heterocycles. The second-order valence-electron chi connectivity index (χ2n) is 5.41. The first-order chi connectivity index (χ1) is 11.6. The number of benzene rings is 1. The molecular weight excluding hydrogens is 328 g/mol. The van der Waals surface area contributed by atoms with Gasteiger partial charge in [0.2, 0.25) is 0 Å². The summed E-state index contributed by atoms with van der Waals surface area (Å²) in [5.41, 5.74) is 1.81. The smallest absolute Gasteiger partial charge is 0.185 e. The van der Waals surface area contributed by atoms with Crippen LogP contribution in [0.5, 0.6) is 11.5 Å². The van der Waals surface area contributed by atoms with Crippen molar-refractivity contribution in [2.75, 3.05) is 25.6 Å². The number of methoxy groups -OCH3 is 1. The maximum Gasteiger partial charge on any atom is 0.185 e. The van der Waals surface area contributed by atoms with E-state index in [1.165, 1.54) is 11.3 Å². The van der Waals surface area contributed by atoms with Crippen LogP contribution in [0.4, 0.5) is 5.13 Å². The summed E-state index contributed by atoms with van der Waals surface area (Å²) < 4.78 is 13.5. The Labute approximate surface area is 143 Å². The van der Waals surface area contributed by atoms with Crippen molar-refractivity contribution in [2.45, 2.75) is 13.0 Å². The monoisotopic (exact) mass is 348 g/mol. The zero-order valence-corrected chi connectivity index (χ0v) is 14.6. The molecule has 24 heavy (non-hydrogen) atoms. The number of aliphatic hydroxyl groups excluding tert-OH is 1. The van der Waals surface area contributed by atoms with E-state index >= 15 is 0 Å². The standard InChI is InChI=1S/C16H20N4O3S/c1-10-14-15(20(2)19-10)18-16(24-14)17-8-11(21)9-23-13-6-4-5-12(7-13)22-3/h4-7,11,21H,8-9H2,1-3H3,(H,17,18)/t11-/m0/s1. The van der Waals surface area contributed by atoms with Crippen LogP contribution in [-0.4, -0.2) is 46.2 Å². The van der Waals surface area contributed by atoms with Crippen molar-refractivity contribution < 1.29 is 14.6 Å². The number of fused-ring (bicyclic) bond motifs is 1. The number of hydrogen-bond acceptors (Lipinski definition) is 7. The van der Waals surface area contributed by atoms with Gasteiger partial charge in [-0.15, -0.1) is 0 Å². The number of thiazole rings is 1. The first kappa shape index (κ1) is 16.5. The molecule has 0 saturated heterocycles. The van der Waals surface area contributed by atoms with Gasteiger partial charge in [0.25, 0.3) is 0 Å². The van der Waals surface area contributed by atoms with Crippen LogP contribution in [0, 0.1) is 6.92 Å². The Balaban J connectivity index is 1.52. The number of anilines is 1. The maximum absolute atomic E-state index is 10.1. The molecule has 1 atom stereocenters. The molecule has 3 rings (SSSR count). The lowest BCUT2D eigenvalue weighted by atomic mass is 10.3. The number of aliphatic hydroxyl groups is 1. The van der Waals surface area contributed by atoms with Crippen molar-refractivity contribution in [1.82, 2.24) is 14.8 Å². The van der Waals surface area contributed by atoms with E-state index < -0.39 is 6.10 Å². The van der Waals surface area contributed by atoms with Gasteiger partial charge < -0.3 is 19.9 Å². The van der Waals surface area contributed by atoms with Gasteiger partial charge in [0.1, 0.15) is 24.2 Å². The highest BCUT2D eigenvalue weighted by Crippen LogP contribution is 2.28. The van der Waals surface area contributed by atoms with Gasteiger partial charge in [-0.2, -0.15) is 5.10 Å². The van der Waals surface area contributed by atoms with Gasteiger partial charge in [-0.1, -0.05) is 17.4 Å². The summed E-state index contributed by atoms with van der Waals surface area (Å²) in [6.45, 7) is 2.50. The summed E-state index contributed by atoms with van der Waals surface area (Å²) >= 11 is 1.53. The van der Waals surface area contributed by atoms with Crippen molar-refractivity contribution >= 4 is 26.8 Å². The molecule has 0 bridgehead atoms. The highest BCUT2D eigenvalue weighted by atomic mass is 32.1. The number of hydrogen-bond donors (Lipinski definition) is 2. The lowest BCUT2D eigenvalue weighted by molar-refractivity contribution is 0.117. The number of nitrogens with zero attached hydrogens (tertiary/aromatic N) is 3. The van der Waals surface area contributed by atoms with Crippen LogP contribution in [0.25, 0.3) is 10.3 Å². The molecule has 2 aromatic heterocycles. The molecule has 0 aliphatic rings. The summed E-state index contributed by atoms with van der Waals surface area (Å²) in [4.78, 5) is 4.49. The third-order valence-electron chi connectivity index (χ3n) is 3.52. The minimum Gasteiger partial charge on any atom is -0.497 e. The van der Waals surface area contributed by atoms with Crippen molar-refractivity contribution in [3.05, 3.63) is 30.0 Å². The molecule has 0 fully saturated rings. The number of aryl methyl sites for hydroxylation is 2. The van der Waals surface area contributed by atoms with Crippen molar-refractivity contribution in [3.63, 3.8) is 0 Å². The summed E-state index contributed by atoms with van der Waals surface area (Å²) in [6.07, 6.45) is -0.651. The summed E-state index contributed by atoms with van der Waals surface area (Å²) in [7, 11) is 3.47. The molecule has 7 nitrogen and oxygen atoms in total. The van der Waals surface area contributed by atoms with Gasteiger partial charge in [-0.25, -0.2) is 9.67 Å². The Morgan fingerprint density at radius 3 is 2.92 bits per heavy atom. The largest absolute Gasteiger partial charge is 0.497 e. The van der Waals surface area contributed by atoms with Crippen molar-refractivity contribution in [1.29, 1.82) is 0 Å². The first-order valence-corrected chi connectivity index (χ1v) is 8.37. The van der Waals surface area contributed by atoms with E-state index in [-0.39, 0.29) is 6.61 Å². The number of nitrogens with one attached hydrogen (secondary N) is 1. The van der Waals surface area contributed by atoms with Crippen molar-refractivity contribution in [3.8, 4) is 11.5 Å². The normalized spacial score (nSPS) is 12.3. The molecule has 0 amide bonds. The average Bonchev–Trinajstić information content (AvgIpc) is 3.12. The Bertz CT molecular complexity index is 795. The first-order valence-electron chi connectivity index (χ1n) is 7.55. The molecule has 2 heterocycles. The van der Waals surface area contributed by atoms with Gasteiger partial charge in [-0.3, -0.25) is 0 Å². The Morgan fingerprint density at radius 1 is 1.38 bits per heavy atom. The summed E-state index contributed by atoms with van der Waals surface area (Å²) in [6, 6.07) is 7.29. The predicted molar refractivity (Wildman–Crippen MR) is 94.1 cm³/mol. The average molecular weight is 348 g/mol. The third kappa shape index (κ3) is 3.60. The third-order valence-corrected chi connectivity index (χ3v) is 4.63. The molecule has 2 N–H and O–H groups in total. The number of ether oxygens (including phenoxy) is 2. The second kappa shape index (κ2) is 7.06. The van der Waals surface area contributed by atoms with E-state index in [0.717, 1.165) is 26.9 Å². The van der Waals surface area contributed by atoms with Crippen LogP contribution in [0.3, 0.4) is 0 Å². The van der Waals surface area contributed by atoms with Crippen LogP contribution in [-0.2, 0) is 7.05 Å². The Morgan fingerprint density at radius 2 is 2.17 bits per heavy atom. The molecule has 0 spiro atoms. The number of rotatable bonds is 7. The van der Waals surface area contributed by atoms with E-state index in [1.54, 1.807) is 17.9 Å². The van der Waals surface area contributed by atoms with Gasteiger partial charge in [0, 0.05) is 19.7 Å². The zero-order valence-electron chi connectivity index (χ0n) is 13.8. The fraction of sp³-hybridized carbons (Fsp3) is 0.375. The predicted octanol–water partition coefficient (Wildman–Crippen LogP) is 2.20. The molecule has 3 aromatic rings. The van der Waals surface area contributed by atoms with Crippen LogP contribution in [0.15, 0.2) is 24.3 Å². The molecule has 0 aliphatic carbocycles. The second-order valence-corrected chi connectivity index (χ2v) is 6.40. The fourth-order valence-corrected chi connectivity index (χ4v) is 3.25. The Hall–Kier alpha value is -2.32. The van der Waals surface area contributed by atoms with E-state index in [2.05, 4.69) is 15.4 Å². The molecule has 128 valence electrons. The van der Waals surface area contributed by atoms with Gasteiger partial charge in [0.05, 0.1) is 17.5 Å². The van der Waals surface area contributed by atoms with E-state index in [4.69, 9.17) is 9.47 Å². The number of aromatic nitrogens is 3. The quantitative estimate of drug-likeness (QED) is 0.681. The lowest BCUT2D eigenvalue weighted by Crippen LogP contribution is -2.26. The fourth-order valence-electron chi connectivity index (χ4n) is 2.31. The van der Waals surface area contributed by atoms with E-state index in [1.807, 2.05) is 32.2 Å². The van der Waals surface area contributed by atoms with Crippen LogP contribution in [0.1, 0.15) is 5.69 Å². The van der Waals surface area contributed by atoms with E-state index in [0.29, 0.717) is 12.3 Å². The molecule has 0 saturated carbocycles. The Kier molecular flexibility index (Phi) is 4.86. The highest BCUT2D eigenvalue weighted by Gasteiger charge is 2.13. The van der Waals surface area contributed by atoms with Crippen molar-refractivity contribution in [2.24, 2.45) is 7.05 Å². The lowest BCUT2D eigenvalue weighted by Gasteiger charge is -2.13. The minimum atomic E-state index is -0.651. The SMILES string of the molecule is COc1cccc(OC[C@@H](O)CNc2nc3c(s2)c(C)nn3C)c1. The molecule has 0 unspecified atom stereocenters. The molecular formula is C16H20N4O3S. The van der Waals surface area contributed by atoms with Crippen LogP contribution in [0.2, 0.25) is 0 Å². The highest BCUT2D eigenvalue weighted by molar-refractivity contribution is 7.22. The zero-order chi connectivity index (χ0) is 17.1. The van der Waals surface area contributed by atoms with Crippen LogP contribution < -0.4 is 14.8 Å². The maximum atomic E-state index is 10.1. The minimum absolute atomic E-state index is 0.186. The van der Waals surface area contributed by atoms with Gasteiger partial charge in [-0.05, 0) is 19.1 Å². The molecule has 8 heteroatoms. The molecule has 0 radical (unpaired) electrons. The van der Waals surface area contributed by atoms with Gasteiger partial charge in [0.15, 0.2) is 10.8 Å². The van der Waals surface area contributed by atoms with Crippen LogP contribution >= 0.6 is 11.3 Å². The van der Waals surface area contributed by atoms with Gasteiger partial charge >= 0.3 is 0 Å². The topological polar surface area (TPSA) is 81.4 Å².